The van der Waals surface area contributed by atoms with Crippen molar-refractivity contribution < 1.29 is 9.41 Å². The molecular weight excluding hydrogens is 438 g/mol. The Bertz CT molecular complexity index is 1090. The SMILES string of the molecule is C[N+](C)(CCNCCc1ccc(N=Nc2ccc([N+](=O)[O-])cc2Cl)cc1)Cc1ccccc1. The number of non-ortho nitro benzene ring substituents is 1. The summed E-state index contributed by atoms with van der Waals surface area (Å²) in [6.07, 6.45) is 0.928. The lowest BCUT2D eigenvalue weighted by atomic mass is 10.1. The summed E-state index contributed by atoms with van der Waals surface area (Å²) in [5.74, 6) is 0. The molecule has 0 radical (unpaired) electrons. The van der Waals surface area contributed by atoms with Crippen molar-refractivity contribution in [1.29, 1.82) is 0 Å². The summed E-state index contributed by atoms with van der Waals surface area (Å²) in [7, 11) is 4.51. The summed E-state index contributed by atoms with van der Waals surface area (Å²) in [4.78, 5) is 10.3. The van der Waals surface area contributed by atoms with Gasteiger partial charge in [-0.25, -0.2) is 0 Å². The first kappa shape index (κ1) is 24.5. The number of nitrogens with zero attached hydrogens (tertiary/aromatic N) is 4. The van der Waals surface area contributed by atoms with Gasteiger partial charge in [-0.05, 0) is 36.7 Å². The Labute approximate surface area is 199 Å². The summed E-state index contributed by atoms with van der Waals surface area (Å²) in [6.45, 7) is 3.94. The molecule has 0 saturated heterocycles. The molecule has 0 aliphatic carbocycles. The molecule has 1 N–H and O–H groups in total. The van der Waals surface area contributed by atoms with E-state index >= 15 is 0 Å². The maximum atomic E-state index is 10.8. The van der Waals surface area contributed by atoms with Gasteiger partial charge in [0.2, 0.25) is 0 Å². The number of azo groups is 1. The predicted octanol–water partition coefficient (Wildman–Crippen LogP) is 6.07. The molecule has 0 atom stereocenters. The lowest BCUT2D eigenvalue weighted by Crippen LogP contribution is -2.43. The molecule has 3 rings (SSSR count). The van der Waals surface area contributed by atoms with Crippen molar-refractivity contribution >= 4 is 28.7 Å². The number of benzene rings is 3. The Hall–Kier alpha value is -3.13. The second-order valence-electron chi connectivity index (χ2n) is 8.56. The molecule has 0 fully saturated rings. The fraction of sp³-hybridized carbons (Fsp3) is 0.280. The van der Waals surface area contributed by atoms with E-state index < -0.39 is 4.92 Å². The molecule has 0 amide bonds. The highest BCUT2D eigenvalue weighted by Gasteiger charge is 2.15. The number of nitrogens with one attached hydrogen (secondary N) is 1. The smallest absolute Gasteiger partial charge is 0.271 e. The Balaban J connectivity index is 1.42. The standard InChI is InChI=1S/C25H29ClN5O2/c1-31(2,19-21-6-4-3-5-7-21)17-16-27-15-14-20-8-10-22(11-9-20)28-29-25-13-12-23(30(32)33)18-24(25)26/h3-13,18,27H,14-17,19H2,1-2H3/q+1. The minimum atomic E-state index is -0.495. The van der Waals surface area contributed by atoms with Crippen molar-refractivity contribution in [2.24, 2.45) is 10.2 Å². The summed E-state index contributed by atoms with van der Waals surface area (Å²) in [5, 5.41) is 22.8. The molecule has 0 spiro atoms. The molecule has 0 unspecified atom stereocenters. The maximum absolute atomic E-state index is 10.8. The number of rotatable bonds is 11. The van der Waals surface area contributed by atoms with Crippen LogP contribution in [0, 0.1) is 10.1 Å². The molecule has 0 bridgehead atoms. The van der Waals surface area contributed by atoms with E-state index in [9.17, 15) is 10.1 Å². The van der Waals surface area contributed by atoms with Crippen LogP contribution in [0.3, 0.4) is 0 Å². The van der Waals surface area contributed by atoms with Crippen molar-refractivity contribution in [3.63, 3.8) is 0 Å². The lowest BCUT2D eigenvalue weighted by molar-refractivity contribution is -0.902. The van der Waals surface area contributed by atoms with Gasteiger partial charge in [-0.2, -0.15) is 5.11 Å². The first-order chi connectivity index (χ1) is 15.8. The number of hydrogen-bond acceptors (Lipinski definition) is 5. The molecule has 0 heterocycles. The summed E-state index contributed by atoms with van der Waals surface area (Å²) < 4.78 is 0.940. The van der Waals surface area contributed by atoms with Crippen LogP contribution in [-0.2, 0) is 13.0 Å². The number of quaternary nitrogens is 1. The molecule has 3 aromatic rings. The van der Waals surface area contributed by atoms with Crippen LogP contribution in [0.4, 0.5) is 17.1 Å². The van der Waals surface area contributed by atoms with Crippen LogP contribution in [0.15, 0.2) is 83.0 Å². The summed E-state index contributed by atoms with van der Waals surface area (Å²) >= 11 is 6.05. The molecule has 8 heteroatoms. The Morgan fingerprint density at radius 3 is 2.33 bits per heavy atom. The van der Waals surface area contributed by atoms with Gasteiger partial charge in [0.1, 0.15) is 12.2 Å². The summed E-state index contributed by atoms with van der Waals surface area (Å²) in [5.41, 5.74) is 3.59. The minimum absolute atomic E-state index is 0.0735. The predicted molar refractivity (Wildman–Crippen MR) is 132 cm³/mol. The number of likely N-dealkylation sites (N-methyl/N-ethyl adjacent to an activating group) is 1. The normalized spacial score (nSPS) is 11.7. The van der Waals surface area contributed by atoms with E-state index in [4.69, 9.17) is 11.6 Å². The van der Waals surface area contributed by atoms with Gasteiger partial charge < -0.3 is 9.80 Å². The molecule has 3 aromatic carbocycles. The van der Waals surface area contributed by atoms with E-state index in [-0.39, 0.29) is 10.7 Å². The molecule has 172 valence electrons. The topological polar surface area (TPSA) is 79.9 Å². The third-order valence-corrected chi connectivity index (χ3v) is 5.59. The van der Waals surface area contributed by atoms with Crippen molar-refractivity contribution in [1.82, 2.24) is 5.32 Å². The second kappa shape index (κ2) is 11.7. The van der Waals surface area contributed by atoms with Crippen LogP contribution in [0.1, 0.15) is 11.1 Å². The number of hydrogen-bond donors (Lipinski definition) is 1. The number of halogens is 1. The van der Waals surface area contributed by atoms with Gasteiger partial charge in [-0.15, -0.1) is 5.11 Å². The quantitative estimate of drug-likeness (QED) is 0.122. The molecule has 0 aliphatic heterocycles. The van der Waals surface area contributed by atoms with Crippen LogP contribution in [0.25, 0.3) is 0 Å². The van der Waals surface area contributed by atoms with Crippen molar-refractivity contribution in [2.75, 3.05) is 33.7 Å². The number of nitro groups is 1. The minimum Gasteiger partial charge on any atom is -0.324 e. The highest BCUT2D eigenvalue weighted by molar-refractivity contribution is 6.33. The maximum Gasteiger partial charge on any atom is 0.271 e. The lowest BCUT2D eigenvalue weighted by Gasteiger charge is -2.30. The Morgan fingerprint density at radius 2 is 1.67 bits per heavy atom. The Morgan fingerprint density at radius 1 is 0.939 bits per heavy atom. The van der Waals surface area contributed by atoms with Crippen LogP contribution in [-0.4, -0.2) is 43.1 Å². The fourth-order valence-electron chi connectivity index (χ4n) is 3.43. The van der Waals surface area contributed by atoms with Crippen LogP contribution in [0.5, 0.6) is 0 Å². The monoisotopic (exact) mass is 466 g/mol. The average molecular weight is 467 g/mol. The molecule has 33 heavy (non-hydrogen) atoms. The highest BCUT2D eigenvalue weighted by atomic mass is 35.5. The largest absolute Gasteiger partial charge is 0.324 e. The molecule has 0 aliphatic rings. The van der Waals surface area contributed by atoms with Crippen LogP contribution in [0.2, 0.25) is 5.02 Å². The molecule has 0 saturated carbocycles. The zero-order valence-corrected chi connectivity index (χ0v) is 19.7. The Kier molecular flexibility index (Phi) is 8.65. The van der Waals surface area contributed by atoms with E-state index in [2.05, 4.69) is 60.0 Å². The molecule has 0 aromatic heterocycles. The van der Waals surface area contributed by atoms with Crippen molar-refractivity contribution in [3.05, 3.63) is 99.1 Å². The van der Waals surface area contributed by atoms with Gasteiger partial charge in [0.15, 0.2) is 0 Å². The number of nitro benzene ring substituents is 1. The molecule has 7 nitrogen and oxygen atoms in total. The first-order valence-electron chi connectivity index (χ1n) is 10.8. The summed E-state index contributed by atoms with van der Waals surface area (Å²) in [6, 6.07) is 22.6. The van der Waals surface area contributed by atoms with E-state index in [1.807, 2.05) is 24.3 Å². The van der Waals surface area contributed by atoms with Crippen molar-refractivity contribution in [3.8, 4) is 0 Å². The first-order valence-corrected chi connectivity index (χ1v) is 11.2. The van der Waals surface area contributed by atoms with Gasteiger partial charge >= 0.3 is 0 Å². The van der Waals surface area contributed by atoms with Gasteiger partial charge in [0, 0.05) is 24.2 Å². The average Bonchev–Trinajstić information content (AvgIpc) is 2.79. The highest BCUT2D eigenvalue weighted by Crippen LogP contribution is 2.30. The van der Waals surface area contributed by atoms with E-state index in [0.29, 0.717) is 11.4 Å². The van der Waals surface area contributed by atoms with Gasteiger partial charge in [0.05, 0.1) is 36.3 Å². The molecular formula is C25H29ClN5O2+. The zero-order chi connectivity index (χ0) is 23.7. The fourth-order valence-corrected chi connectivity index (χ4v) is 3.64. The van der Waals surface area contributed by atoms with E-state index in [0.717, 1.165) is 37.1 Å². The van der Waals surface area contributed by atoms with E-state index in [1.54, 1.807) is 0 Å². The third-order valence-electron chi connectivity index (χ3n) is 5.29. The van der Waals surface area contributed by atoms with Gasteiger partial charge in [-0.1, -0.05) is 54.1 Å². The third kappa shape index (κ3) is 8.05. The zero-order valence-electron chi connectivity index (χ0n) is 18.9. The van der Waals surface area contributed by atoms with Crippen LogP contribution < -0.4 is 5.32 Å². The van der Waals surface area contributed by atoms with Gasteiger partial charge in [-0.3, -0.25) is 10.1 Å². The van der Waals surface area contributed by atoms with Crippen LogP contribution >= 0.6 is 11.6 Å². The van der Waals surface area contributed by atoms with Gasteiger partial charge in [0.25, 0.3) is 5.69 Å². The van der Waals surface area contributed by atoms with Crippen molar-refractivity contribution in [2.45, 2.75) is 13.0 Å². The second-order valence-corrected chi connectivity index (χ2v) is 8.97. The van der Waals surface area contributed by atoms with E-state index in [1.165, 1.54) is 29.3 Å².